The van der Waals surface area contributed by atoms with E-state index in [0.29, 0.717) is 12.5 Å². The van der Waals surface area contributed by atoms with E-state index in [2.05, 4.69) is 12.2 Å². The molecule has 0 bridgehead atoms. The molecule has 1 N–H and O–H groups in total. The van der Waals surface area contributed by atoms with E-state index in [1.807, 2.05) is 43.5 Å². The number of hydrogen-bond donors (Lipinski definition) is 1. The second kappa shape index (κ2) is 5.71. The van der Waals surface area contributed by atoms with Gasteiger partial charge in [-0.15, -0.1) is 0 Å². The van der Waals surface area contributed by atoms with Crippen LogP contribution in [-0.2, 0) is 0 Å². The predicted octanol–water partition coefficient (Wildman–Crippen LogP) is 3.54. The minimum atomic E-state index is -0.0660. The molecular weight excluding hydrogens is 224 g/mol. The summed E-state index contributed by atoms with van der Waals surface area (Å²) in [7, 11) is 0. The molecule has 1 fully saturated rings. The molecule has 1 aliphatic rings. The van der Waals surface area contributed by atoms with Crippen LogP contribution in [0.25, 0.3) is 0 Å². The third-order valence-electron chi connectivity index (χ3n) is 3.27. The van der Waals surface area contributed by atoms with Gasteiger partial charge in [-0.2, -0.15) is 0 Å². The number of amides is 2. The molecule has 0 aromatic heterocycles. The van der Waals surface area contributed by atoms with Crippen LogP contribution in [0.3, 0.4) is 0 Å². The monoisotopic (exact) mass is 244 g/mol. The van der Waals surface area contributed by atoms with Crippen LogP contribution in [0.2, 0.25) is 0 Å². The van der Waals surface area contributed by atoms with Crippen molar-refractivity contribution in [3.63, 3.8) is 0 Å². The van der Waals surface area contributed by atoms with Crippen molar-refractivity contribution in [1.29, 1.82) is 0 Å². The summed E-state index contributed by atoms with van der Waals surface area (Å²) in [5.41, 5.74) is 2.20. The van der Waals surface area contributed by atoms with E-state index in [4.69, 9.17) is 0 Å². The van der Waals surface area contributed by atoms with E-state index in [0.717, 1.165) is 5.69 Å². The molecule has 0 atom stereocenters. The van der Waals surface area contributed by atoms with E-state index in [9.17, 15) is 4.79 Å². The Morgan fingerprint density at radius 2 is 2.06 bits per heavy atom. The number of rotatable bonds is 4. The molecule has 96 valence electrons. The summed E-state index contributed by atoms with van der Waals surface area (Å²) >= 11 is 0. The van der Waals surface area contributed by atoms with Crippen molar-refractivity contribution in [2.24, 2.45) is 5.92 Å². The summed E-state index contributed by atoms with van der Waals surface area (Å²) in [5, 5.41) is 2.88. The van der Waals surface area contributed by atoms with Gasteiger partial charge in [-0.3, -0.25) is 4.90 Å². The van der Waals surface area contributed by atoms with Crippen molar-refractivity contribution in [2.45, 2.75) is 26.7 Å². The maximum atomic E-state index is 12.1. The van der Waals surface area contributed by atoms with Crippen molar-refractivity contribution in [3.8, 4) is 0 Å². The number of para-hydroxylation sites is 1. The predicted molar refractivity (Wildman–Crippen MR) is 74.5 cm³/mol. The van der Waals surface area contributed by atoms with Gasteiger partial charge in [0.15, 0.2) is 0 Å². The third-order valence-corrected chi connectivity index (χ3v) is 3.27. The molecule has 3 nitrogen and oxygen atoms in total. The number of nitrogens with one attached hydrogen (secondary N) is 1. The van der Waals surface area contributed by atoms with Crippen molar-refractivity contribution >= 4 is 11.7 Å². The lowest BCUT2D eigenvalue weighted by Gasteiger charge is -2.20. The second-order valence-electron chi connectivity index (χ2n) is 4.69. The van der Waals surface area contributed by atoms with E-state index >= 15 is 0 Å². The molecule has 3 heteroatoms. The van der Waals surface area contributed by atoms with Crippen molar-refractivity contribution in [2.75, 3.05) is 11.4 Å². The standard InChI is InChI=1S/C15H20N2O/c1-3-17(14-7-5-4-6-8-14)15(18)16-11-12(2)13-9-10-13/h4-8,11,13H,3,9-10H2,1-2H3,(H,16,18)/b12-11+. The summed E-state index contributed by atoms with van der Waals surface area (Å²) in [6.45, 7) is 4.72. The Labute approximate surface area is 108 Å². The fraction of sp³-hybridized carbons (Fsp3) is 0.400. The molecule has 1 aliphatic carbocycles. The van der Waals surface area contributed by atoms with Crippen molar-refractivity contribution in [3.05, 3.63) is 42.1 Å². The number of benzene rings is 1. The van der Waals surface area contributed by atoms with E-state index in [1.165, 1.54) is 18.4 Å². The normalized spacial score (nSPS) is 15.3. The highest BCUT2D eigenvalue weighted by Gasteiger charge is 2.23. The van der Waals surface area contributed by atoms with Crippen LogP contribution < -0.4 is 10.2 Å². The van der Waals surface area contributed by atoms with Gasteiger partial charge in [0.1, 0.15) is 0 Å². The summed E-state index contributed by atoms with van der Waals surface area (Å²) in [6, 6.07) is 9.66. The highest BCUT2D eigenvalue weighted by molar-refractivity contribution is 5.92. The molecule has 1 aromatic carbocycles. The van der Waals surface area contributed by atoms with Crippen LogP contribution in [0, 0.1) is 5.92 Å². The first-order chi connectivity index (χ1) is 8.72. The number of anilines is 1. The Morgan fingerprint density at radius 3 is 2.61 bits per heavy atom. The molecule has 0 saturated heterocycles. The fourth-order valence-electron chi connectivity index (χ4n) is 1.96. The van der Waals surface area contributed by atoms with Gasteiger partial charge in [-0.25, -0.2) is 4.79 Å². The van der Waals surface area contributed by atoms with Gasteiger partial charge < -0.3 is 5.32 Å². The molecule has 1 aromatic rings. The number of urea groups is 1. The van der Waals surface area contributed by atoms with Crippen LogP contribution in [0.4, 0.5) is 10.5 Å². The van der Waals surface area contributed by atoms with Crippen molar-refractivity contribution in [1.82, 2.24) is 5.32 Å². The van der Waals surface area contributed by atoms with Gasteiger partial charge in [0.2, 0.25) is 0 Å². The quantitative estimate of drug-likeness (QED) is 0.863. The van der Waals surface area contributed by atoms with Gasteiger partial charge in [-0.05, 0) is 44.7 Å². The molecule has 0 aliphatic heterocycles. The number of nitrogens with zero attached hydrogens (tertiary/aromatic N) is 1. The molecular formula is C15H20N2O. The third kappa shape index (κ3) is 3.13. The van der Waals surface area contributed by atoms with Crippen LogP contribution in [0.5, 0.6) is 0 Å². The SMILES string of the molecule is CCN(C(=O)N/C=C(\C)C1CC1)c1ccccc1. The molecule has 0 heterocycles. The summed E-state index contributed by atoms with van der Waals surface area (Å²) in [4.78, 5) is 13.8. The summed E-state index contributed by atoms with van der Waals surface area (Å²) < 4.78 is 0. The molecule has 2 rings (SSSR count). The minimum Gasteiger partial charge on any atom is -0.314 e. The topological polar surface area (TPSA) is 32.3 Å². The number of hydrogen-bond acceptors (Lipinski definition) is 1. The van der Waals surface area contributed by atoms with Gasteiger partial charge >= 0.3 is 6.03 Å². The molecule has 0 spiro atoms. The zero-order valence-corrected chi connectivity index (χ0v) is 11.0. The molecule has 2 amide bonds. The Kier molecular flexibility index (Phi) is 4.03. The molecule has 1 saturated carbocycles. The van der Waals surface area contributed by atoms with Crippen LogP contribution in [-0.4, -0.2) is 12.6 Å². The highest BCUT2D eigenvalue weighted by atomic mass is 16.2. The van der Waals surface area contributed by atoms with E-state index in [-0.39, 0.29) is 6.03 Å². The lowest BCUT2D eigenvalue weighted by molar-refractivity contribution is 0.249. The van der Waals surface area contributed by atoms with Gasteiger partial charge in [0, 0.05) is 18.4 Å². The molecule has 18 heavy (non-hydrogen) atoms. The Morgan fingerprint density at radius 1 is 1.39 bits per heavy atom. The van der Waals surface area contributed by atoms with Crippen LogP contribution >= 0.6 is 0 Å². The van der Waals surface area contributed by atoms with E-state index < -0.39 is 0 Å². The number of allylic oxidation sites excluding steroid dienone is 1. The molecule has 0 unspecified atom stereocenters. The average molecular weight is 244 g/mol. The summed E-state index contributed by atoms with van der Waals surface area (Å²) in [6.07, 6.45) is 4.37. The zero-order chi connectivity index (χ0) is 13.0. The lowest BCUT2D eigenvalue weighted by Crippen LogP contribution is -2.37. The van der Waals surface area contributed by atoms with Gasteiger partial charge in [-0.1, -0.05) is 23.8 Å². The van der Waals surface area contributed by atoms with Crippen LogP contribution in [0.1, 0.15) is 26.7 Å². The zero-order valence-electron chi connectivity index (χ0n) is 11.0. The first-order valence-corrected chi connectivity index (χ1v) is 6.52. The van der Waals surface area contributed by atoms with Gasteiger partial charge in [0.25, 0.3) is 0 Å². The second-order valence-corrected chi connectivity index (χ2v) is 4.69. The largest absolute Gasteiger partial charge is 0.325 e. The van der Waals surface area contributed by atoms with Crippen molar-refractivity contribution < 1.29 is 4.79 Å². The minimum absolute atomic E-state index is 0.0660. The Bertz CT molecular complexity index is 435. The maximum absolute atomic E-state index is 12.1. The molecule has 0 radical (unpaired) electrons. The highest BCUT2D eigenvalue weighted by Crippen LogP contribution is 2.35. The summed E-state index contributed by atoms with van der Waals surface area (Å²) in [5.74, 6) is 0.692. The average Bonchev–Trinajstić information content (AvgIpc) is 3.22. The van der Waals surface area contributed by atoms with Gasteiger partial charge in [0.05, 0.1) is 0 Å². The first kappa shape index (κ1) is 12.7. The number of carbonyl (C=O) groups excluding carboxylic acids is 1. The Balaban J connectivity index is 1.99. The van der Waals surface area contributed by atoms with Crippen LogP contribution in [0.15, 0.2) is 42.1 Å². The fourth-order valence-corrected chi connectivity index (χ4v) is 1.96. The lowest BCUT2D eigenvalue weighted by atomic mass is 10.2. The number of carbonyl (C=O) groups is 1. The maximum Gasteiger partial charge on any atom is 0.325 e. The smallest absolute Gasteiger partial charge is 0.314 e. The first-order valence-electron chi connectivity index (χ1n) is 6.52. The Hall–Kier alpha value is -1.77. The van der Waals surface area contributed by atoms with E-state index in [1.54, 1.807) is 4.90 Å².